The van der Waals surface area contributed by atoms with Crippen LogP contribution in [0.1, 0.15) is 28.0 Å². The van der Waals surface area contributed by atoms with Crippen molar-refractivity contribution in [3.63, 3.8) is 0 Å². The summed E-state index contributed by atoms with van der Waals surface area (Å²) in [6, 6.07) is 5.48. The van der Waals surface area contributed by atoms with Crippen LogP contribution in [-0.2, 0) is 0 Å². The van der Waals surface area contributed by atoms with Gasteiger partial charge in [0.1, 0.15) is 0 Å². The number of nitrogens with one attached hydrogen (secondary N) is 1. The van der Waals surface area contributed by atoms with Gasteiger partial charge >= 0.3 is 0 Å². The summed E-state index contributed by atoms with van der Waals surface area (Å²) in [5.74, 6) is -0.155. The molecule has 3 nitrogen and oxygen atoms in total. The fourth-order valence-electron chi connectivity index (χ4n) is 2.03. The highest BCUT2D eigenvalue weighted by Crippen LogP contribution is 2.29. The molecule has 0 amide bonds. The molecule has 0 aliphatic heterocycles. The summed E-state index contributed by atoms with van der Waals surface area (Å²) in [7, 11) is 0. The molecule has 1 aromatic carbocycles. The molecule has 2 aromatic rings. The zero-order valence-electron chi connectivity index (χ0n) is 9.60. The molecule has 1 heterocycles. The molecule has 0 radical (unpaired) electrons. The number of hydrogen-bond donors (Lipinski definition) is 1. The summed E-state index contributed by atoms with van der Waals surface area (Å²) >= 11 is 6.03. The minimum absolute atomic E-state index is 0.102. The monoisotopic (exact) mass is 246 g/mol. The molecule has 0 aliphatic carbocycles. The van der Waals surface area contributed by atoms with Crippen LogP contribution in [-0.4, -0.2) is 10.8 Å². The average molecular weight is 247 g/mol. The van der Waals surface area contributed by atoms with Crippen LogP contribution in [0.2, 0.25) is 5.02 Å². The SMILES string of the molecule is Cc1[nH]c2c(C)c(Cl)ccc2c1C(=O)CC#N. The van der Waals surface area contributed by atoms with Gasteiger partial charge in [0.15, 0.2) is 5.78 Å². The van der Waals surface area contributed by atoms with Crippen molar-refractivity contribution in [1.82, 2.24) is 4.98 Å². The predicted molar refractivity (Wildman–Crippen MR) is 67.3 cm³/mol. The van der Waals surface area contributed by atoms with E-state index in [1.165, 1.54) is 0 Å². The van der Waals surface area contributed by atoms with Crippen LogP contribution in [0.5, 0.6) is 0 Å². The second-order valence-corrected chi connectivity index (χ2v) is 4.39. The minimum Gasteiger partial charge on any atom is -0.358 e. The number of aryl methyl sites for hydroxylation is 2. The van der Waals surface area contributed by atoms with Crippen molar-refractivity contribution in [1.29, 1.82) is 5.26 Å². The van der Waals surface area contributed by atoms with Gasteiger partial charge in [-0.1, -0.05) is 17.7 Å². The number of aromatic nitrogens is 1. The molecule has 2 rings (SSSR count). The first kappa shape index (κ1) is 11.7. The van der Waals surface area contributed by atoms with E-state index in [4.69, 9.17) is 16.9 Å². The van der Waals surface area contributed by atoms with Crippen LogP contribution in [0.25, 0.3) is 10.9 Å². The number of aromatic amines is 1. The third-order valence-corrected chi connectivity index (χ3v) is 3.28. The summed E-state index contributed by atoms with van der Waals surface area (Å²) in [5.41, 5.74) is 3.17. The fourth-order valence-corrected chi connectivity index (χ4v) is 2.18. The van der Waals surface area contributed by atoms with Crippen LogP contribution in [0.3, 0.4) is 0 Å². The van der Waals surface area contributed by atoms with E-state index in [0.717, 1.165) is 22.2 Å². The Hall–Kier alpha value is -1.79. The van der Waals surface area contributed by atoms with Crippen LogP contribution in [0, 0.1) is 25.2 Å². The Kier molecular flexibility index (Phi) is 2.91. The van der Waals surface area contributed by atoms with Crippen molar-refractivity contribution in [2.45, 2.75) is 20.3 Å². The highest BCUT2D eigenvalue weighted by Gasteiger charge is 2.17. The molecule has 0 fully saturated rings. The van der Waals surface area contributed by atoms with Crippen molar-refractivity contribution < 1.29 is 4.79 Å². The lowest BCUT2D eigenvalue weighted by atomic mass is 10.0. The first-order valence-electron chi connectivity index (χ1n) is 5.23. The van der Waals surface area contributed by atoms with E-state index in [-0.39, 0.29) is 12.2 Å². The fraction of sp³-hybridized carbons (Fsp3) is 0.231. The van der Waals surface area contributed by atoms with Crippen LogP contribution >= 0.6 is 11.6 Å². The summed E-state index contributed by atoms with van der Waals surface area (Å²) in [6.45, 7) is 3.73. The van der Waals surface area contributed by atoms with Gasteiger partial charge in [0.05, 0.1) is 18.0 Å². The normalized spacial score (nSPS) is 10.5. The maximum absolute atomic E-state index is 11.9. The van der Waals surface area contributed by atoms with Crippen LogP contribution in [0.4, 0.5) is 0 Å². The molecule has 0 saturated heterocycles. The first-order valence-corrected chi connectivity index (χ1v) is 5.61. The Morgan fingerprint density at radius 1 is 1.47 bits per heavy atom. The number of benzene rings is 1. The number of nitriles is 1. The number of fused-ring (bicyclic) bond motifs is 1. The second kappa shape index (κ2) is 4.23. The molecular formula is C13H11ClN2O. The Morgan fingerprint density at radius 2 is 2.18 bits per heavy atom. The smallest absolute Gasteiger partial charge is 0.179 e. The molecule has 1 aromatic heterocycles. The third-order valence-electron chi connectivity index (χ3n) is 2.87. The van der Waals surface area contributed by atoms with Gasteiger partial charge in [0.25, 0.3) is 0 Å². The molecule has 1 N–H and O–H groups in total. The van der Waals surface area contributed by atoms with E-state index in [2.05, 4.69) is 4.98 Å². The van der Waals surface area contributed by atoms with E-state index >= 15 is 0 Å². The van der Waals surface area contributed by atoms with Crippen molar-refractivity contribution in [3.8, 4) is 6.07 Å². The Balaban J connectivity index is 2.74. The van der Waals surface area contributed by atoms with Crippen LogP contribution in [0.15, 0.2) is 12.1 Å². The Bertz CT molecular complexity index is 649. The van der Waals surface area contributed by atoms with Gasteiger partial charge in [-0.2, -0.15) is 5.26 Å². The standard InChI is InChI=1S/C13H11ClN2O/c1-7-10(14)4-3-9-12(11(17)5-6-15)8(2)16-13(7)9/h3-4,16H,5H2,1-2H3. The number of hydrogen-bond acceptors (Lipinski definition) is 2. The summed E-state index contributed by atoms with van der Waals surface area (Å²) < 4.78 is 0. The third kappa shape index (κ3) is 1.81. The average Bonchev–Trinajstić information content (AvgIpc) is 2.61. The number of nitrogens with zero attached hydrogens (tertiary/aromatic N) is 1. The zero-order chi connectivity index (χ0) is 12.6. The van der Waals surface area contributed by atoms with E-state index in [0.29, 0.717) is 10.6 Å². The highest BCUT2D eigenvalue weighted by molar-refractivity contribution is 6.32. The minimum atomic E-state index is -0.155. The molecule has 4 heteroatoms. The van der Waals surface area contributed by atoms with Crippen LogP contribution < -0.4 is 0 Å². The van der Waals surface area contributed by atoms with Crippen molar-refractivity contribution >= 4 is 28.3 Å². The van der Waals surface area contributed by atoms with E-state index < -0.39 is 0 Å². The predicted octanol–water partition coefficient (Wildman–Crippen LogP) is 3.53. The number of halogens is 1. The quantitative estimate of drug-likeness (QED) is 0.824. The van der Waals surface area contributed by atoms with Gasteiger partial charge < -0.3 is 4.98 Å². The first-order chi connectivity index (χ1) is 8.06. The molecule has 0 bridgehead atoms. The largest absolute Gasteiger partial charge is 0.358 e. The van der Waals surface area contributed by atoms with Gasteiger partial charge in [-0.05, 0) is 25.5 Å². The molecule has 0 unspecified atom stereocenters. The summed E-state index contributed by atoms with van der Waals surface area (Å²) in [5, 5.41) is 10.1. The number of carbonyl (C=O) groups excluding carboxylic acids is 1. The molecule has 0 spiro atoms. The van der Waals surface area contributed by atoms with Gasteiger partial charge in [-0.25, -0.2) is 0 Å². The molecule has 17 heavy (non-hydrogen) atoms. The molecule has 0 atom stereocenters. The number of rotatable bonds is 2. The van der Waals surface area contributed by atoms with E-state index in [9.17, 15) is 4.79 Å². The van der Waals surface area contributed by atoms with Gasteiger partial charge in [-0.3, -0.25) is 4.79 Å². The summed E-state index contributed by atoms with van der Waals surface area (Å²) in [6.07, 6.45) is -0.102. The maximum Gasteiger partial charge on any atom is 0.179 e. The number of H-pyrrole nitrogens is 1. The lowest BCUT2D eigenvalue weighted by Gasteiger charge is -2.00. The molecule has 0 aliphatic rings. The van der Waals surface area contributed by atoms with Crippen molar-refractivity contribution in [3.05, 3.63) is 34.0 Å². The second-order valence-electron chi connectivity index (χ2n) is 3.98. The van der Waals surface area contributed by atoms with Crippen molar-refractivity contribution in [2.75, 3.05) is 0 Å². The van der Waals surface area contributed by atoms with E-state index in [1.54, 1.807) is 6.07 Å². The molecule has 0 saturated carbocycles. The number of Topliss-reactive ketones (excluding diaryl/α,β-unsaturated/α-hetero) is 1. The summed E-state index contributed by atoms with van der Waals surface area (Å²) in [4.78, 5) is 15.0. The highest BCUT2D eigenvalue weighted by atomic mass is 35.5. The van der Waals surface area contributed by atoms with Gasteiger partial charge in [0, 0.05) is 21.7 Å². The van der Waals surface area contributed by atoms with Gasteiger partial charge in [-0.15, -0.1) is 0 Å². The number of carbonyl (C=O) groups is 1. The zero-order valence-corrected chi connectivity index (χ0v) is 10.4. The number of ketones is 1. The topological polar surface area (TPSA) is 56.6 Å². The lowest BCUT2D eigenvalue weighted by Crippen LogP contribution is -1.98. The lowest BCUT2D eigenvalue weighted by molar-refractivity contribution is 0.0999. The van der Waals surface area contributed by atoms with Gasteiger partial charge in [0.2, 0.25) is 0 Å². The molecule has 86 valence electrons. The molecular weight excluding hydrogens is 236 g/mol. The van der Waals surface area contributed by atoms with Crippen molar-refractivity contribution in [2.24, 2.45) is 0 Å². The maximum atomic E-state index is 11.9. The van der Waals surface area contributed by atoms with E-state index in [1.807, 2.05) is 26.0 Å². The Labute approximate surface area is 104 Å². The Morgan fingerprint density at radius 3 is 2.82 bits per heavy atom.